The number of hydrogen-bond donors (Lipinski definition) is 1. The molecule has 0 fully saturated rings. The molecule has 1 heterocycles. The van der Waals surface area contributed by atoms with E-state index in [-0.39, 0.29) is 6.42 Å². The molecule has 21 heavy (non-hydrogen) atoms. The van der Waals surface area contributed by atoms with Crippen LogP contribution in [0.15, 0.2) is 24.3 Å². The Hall–Kier alpha value is -1.88. The van der Waals surface area contributed by atoms with Gasteiger partial charge in [0, 0.05) is 4.88 Å². The topological polar surface area (TPSA) is 59.4 Å². The number of carboxylic acids is 1. The molecule has 0 saturated carbocycles. The highest BCUT2D eigenvalue weighted by molar-refractivity contribution is 7.15. The van der Waals surface area contributed by atoms with E-state index in [0.717, 1.165) is 33.3 Å². The number of carboxylic acid groups (broad SMARTS) is 1. The number of aryl methyl sites for hydroxylation is 2. The maximum Gasteiger partial charge on any atom is 0.303 e. The standard InChI is InChI=1S/C16H19NO3S/c1-3-12-14(9-10-15(18)19)21-16(17-12)11-7-5-6-8-13(11)20-4-2/h5-8H,3-4,9-10H2,1-2H3,(H,18,19). The van der Waals surface area contributed by atoms with Crippen LogP contribution in [0.3, 0.4) is 0 Å². The molecule has 0 radical (unpaired) electrons. The van der Waals surface area contributed by atoms with Gasteiger partial charge in [-0.2, -0.15) is 0 Å². The first-order chi connectivity index (χ1) is 10.2. The van der Waals surface area contributed by atoms with Crippen molar-refractivity contribution >= 4 is 17.3 Å². The molecule has 0 unspecified atom stereocenters. The Morgan fingerprint density at radius 1 is 1.33 bits per heavy atom. The number of thiazole rings is 1. The van der Waals surface area contributed by atoms with Gasteiger partial charge >= 0.3 is 5.97 Å². The average molecular weight is 305 g/mol. The summed E-state index contributed by atoms with van der Waals surface area (Å²) in [5.74, 6) is 0.0444. The minimum Gasteiger partial charge on any atom is -0.493 e. The first kappa shape index (κ1) is 15.5. The SMILES string of the molecule is CCOc1ccccc1-c1nc(CC)c(CCC(=O)O)s1. The molecular weight excluding hydrogens is 286 g/mol. The summed E-state index contributed by atoms with van der Waals surface area (Å²) in [7, 11) is 0. The van der Waals surface area contributed by atoms with E-state index in [1.54, 1.807) is 11.3 Å². The van der Waals surface area contributed by atoms with E-state index in [1.165, 1.54) is 0 Å². The normalized spacial score (nSPS) is 10.6. The van der Waals surface area contributed by atoms with Crippen LogP contribution in [0.4, 0.5) is 0 Å². The van der Waals surface area contributed by atoms with Gasteiger partial charge in [0.2, 0.25) is 0 Å². The predicted molar refractivity (Wildman–Crippen MR) is 84.1 cm³/mol. The van der Waals surface area contributed by atoms with Crippen molar-refractivity contribution in [2.24, 2.45) is 0 Å². The van der Waals surface area contributed by atoms with Crippen molar-refractivity contribution in [3.05, 3.63) is 34.8 Å². The van der Waals surface area contributed by atoms with Crippen molar-refractivity contribution in [2.45, 2.75) is 33.1 Å². The molecule has 112 valence electrons. The van der Waals surface area contributed by atoms with E-state index < -0.39 is 5.97 Å². The highest BCUT2D eigenvalue weighted by atomic mass is 32.1. The quantitative estimate of drug-likeness (QED) is 0.845. The second-order valence-corrected chi connectivity index (χ2v) is 5.65. The number of rotatable bonds is 7. The summed E-state index contributed by atoms with van der Waals surface area (Å²) in [5, 5.41) is 9.74. The van der Waals surface area contributed by atoms with E-state index in [1.807, 2.05) is 38.1 Å². The molecule has 0 aliphatic rings. The molecule has 1 N–H and O–H groups in total. The minimum atomic E-state index is -0.776. The number of ether oxygens (including phenoxy) is 1. The fourth-order valence-corrected chi connectivity index (χ4v) is 3.29. The zero-order valence-electron chi connectivity index (χ0n) is 12.3. The molecule has 0 saturated heterocycles. The second-order valence-electron chi connectivity index (χ2n) is 4.57. The summed E-state index contributed by atoms with van der Waals surface area (Å²) in [4.78, 5) is 16.5. The lowest BCUT2D eigenvalue weighted by molar-refractivity contribution is -0.136. The van der Waals surface area contributed by atoms with E-state index in [9.17, 15) is 4.79 Å². The largest absolute Gasteiger partial charge is 0.493 e. The summed E-state index contributed by atoms with van der Waals surface area (Å²) in [5.41, 5.74) is 1.96. The Morgan fingerprint density at radius 3 is 2.76 bits per heavy atom. The number of aromatic nitrogens is 1. The van der Waals surface area contributed by atoms with Crippen molar-refractivity contribution in [2.75, 3.05) is 6.61 Å². The van der Waals surface area contributed by atoms with Gasteiger partial charge in [-0.05, 0) is 31.9 Å². The summed E-state index contributed by atoms with van der Waals surface area (Å²) in [6.07, 6.45) is 1.48. The van der Waals surface area contributed by atoms with Crippen molar-refractivity contribution < 1.29 is 14.6 Å². The molecular formula is C16H19NO3S. The van der Waals surface area contributed by atoms with E-state index >= 15 is 0 Å². The summed E-state index contributed by atoms with van der Waals surface area (Å²) >= 11 is 1.56. The number of aliphatic carboxylic acids is 1. The van der Waals surface area contributed by atoms with Gasteiger partial charge in [0.25, 0.3) is 0 Å². The molecule has 0 spiro atoms. The molecule has 0 atom stereocenters. The molecule has 0 aliphatic carbocycles. The molecule has 0 aliphatic heterocycles. The summed E-state index contributed by atoms with van der Waals surface area (Å²) < 4.78 is 5.64. The number of carbonyl (C=O) groups is 1. The van der Waals surface area contributed by atoms with Gasteiger partial charge in [-0.1, -0.05) is 19.1 Å². The zero-order chi connectivity index (χ0) is 15.2. The Labute approximate surface area is 128 Å². The third-order valence-corrected chi connectivity index (χ3v) is 4.29. The maximum absolute atomic E-state index is 10.8. The minimum absolute atomic E-state index is 0.141. The molecule has 2 aromatic rings. The van der Waals surface area contributed by atoms with Crippen LogP contribution >= 0.6 is 11.3 Å². The van der Waals surface area contributed by atoms with Crippen LogP contribution in [0.25, 0.3) is 10.6 Å². The second kappa shape index (κ2) is 7.22. The molecule has 4 nitrogen and oxygen atoms in total. The predicted octanol–water partition coefficient (Wildman–Crippen LogP) is 3.79. The number of nitrogens with zero attached hydrogens (tertiary/aromatic N) is 1. The number of benzene rings is 1. The van der Waals surface area contributed by atoms with Gasteiger partial charge in [-0.15, -0.1) is 11.3 Å². The zero-order valence-corrected chi connectivity index (χ0v) is 13.1. The maximum atomic E-state index is 10.8. The number of hydrogen-bond acceptors (Lipinski definition) is 4. The fraction of sp³-hybridized carbons (Fsp3) is 0.375. The first-order valence-electron chi connectivity index (χ1n) is 7.08. The van der Waals surface area contributed by atoms with Crippen molar-refractivity contribution in [3.8, 4) is 16.3 Å². The highest BCUT2D eigenvalue weighted by Crippen LogP contribution is 2.35. The molecule has 2 rings (SSSR count). The lowest BCUT2D eigenvalue weighted by Gasteiger charge is -2.07. The Bertz CT molecular complexity index is 622. The van der Waals surface area contributed by atoms with Gasteiger partial charge in [-0.25, -0.2) is 4.98 Å². The average Bonchev–Trinajstić information content (AvgIpc) is 2.89. The van der Waals surface area contributed by atoms with Gasteiger partial charge < -0.3 is 9.84 Å². The monoisotopic (exact) mass is 305 g/mol. The number of para-hydroxylation sites is 1. The molecule has 0 bridgehead atoms. The van der Waals surface area contributed by atoms with Gasteiger partial charge in [0.05, 0.1) is 24.3 Å². The van der Waals surface area contributed by atoms with Crippen LogP contribution in [0.1, 0.15) is 30.8 Å². The van der Waals surface area contributed by atoms with E-state index in [2.05, 4.69) is 4.98 Å². The van der Waals surface area contributed by atoms with E-state index in [4.69, 9.17) is 9.84 Å². The van der Waals surface area contributed by atoms with Gasteiger partial charge in [-0.3, -0.25) is 4.79 Å². The van der Waals surface area contributed by atoms with Crippen LogP contribution < -0.4 is 4.74 Å². The lowest BCUT2D eigenvalue weighted by Crippen LogP contribution is -1.98. The van der Waals surface area contributed by atoms with Crippen molar-refractivity contribution in [3.63, 3.8) is 0 Å². The molecule has 0 amide bonds. The van der Waals surface area contributed by atoms with Crippen LogP contribution in [0.5, 0.6) is 5.75 Å². The lowest BCUT2D eigenvalue weighted by atomic mass is 10.2. The van der Waals surface area contributed by atoms with Crippen molar-refractivity contribution in [1.29, 1.82) is 0 Å². The molecule has 1 aromatic heterocycles. The van der Waals surface area contributed by atoms with Crippen LogP contribution in [0.2, 0.25) is 0 Å². The van der Waals surface area contributed by atoms with Crippen LogP contribution in [0, 0.1) is 0 Å². The summed E-state index contributed by atoms with van der Waals surface area (Å²) in [6, 6.07) is 7.82. The highest BCUT2D eigenvalue weighted by Gasteiger charge is 2.15. The molecule has 5 heteroatoms. The van der Waals surface area contributed by atoms with Gasteiger partial charge in [0.1, 0.15) is 10.8 Å². The van der Waals surface area contributed by atoms with Crippen LogP contribution in [-0.2, 0) is 17.6 Å². The smallest absolute Gasteiger partial charge is 0.303 e. The Kier molecular flexibility index (Phi) is 5.33. The third-order valence-electron chi connectivity index (χ3n) is 3.10. The fourth-order valence-electron chi connectivity index (χ4n) is 2.12. The van der Waals surface area contributed by atoms with Crippen molar-refractivity contribution in [1.82, 2.24) is 4.98 Å². The van der Waals surface area contributed by atoms with Crippen LogP contribution in [-0.4, -0.2) is 22.7 Å². The Balaban J connectivity index is 2.34. The third kappa shape index (κ3) is 3.82. The summed E-state index contributed by atoms with van der Waals surface area (Å²) in [6.45, 7) is 4.60. The van der Waals surface area contributed by atoms with E-state index in [0.29, 0.717) is 13.0 Å². The molecule has 1 aromatic carbocycles. The Morgan fingerprint density at radius 2 is 2.10 bits per heavy atom. The first-order valence-corrected chi connectivity index (χ1v) is 7.89. The van der Waals surface area contributed by atoms with Gasteiger partial charge in [0.15, 0.2) is 0 Å².